The number of carbonyl (C=O) groups excluding carboxylic acids is 2. The third kappa shape index (κ3) is 5.84. The molecule has 3 aromatic heterocycles. The molecule has 0 fully saturated rings. The quantitative estimate of drug-likeness (QED) is 0.268. The van der Waals surface area contributed by atoms with E-state index >= 15 is 0 Å². The summed E-state index contributed by atoms with van der Waals surface area (Å²) in [5, 5.41) is 17.2. The van der Waals surface area contributed by atoms with E-state index in [1.54, 1.807) is 24.3 Å². The number of rotatable bonds is 9. The van der Waals surface area contributed by atoms with Crippen molar-refractivity contribution in [2.24, 2.45) is 0 Å². The molecule has 40 heavy (non-hydrogen) atoms. The van der Waals surface area contributed by atoms with Crippen molar-refractivity contribution in [1.82, 2.24) is 25.5 Å². The van der Waals surface area contributed by atoms with E-state index in [2.05, 4.69) is 20.7 Å². The van der Waals surface area contributed by atoms with E-state index in [-0.39, 0.29) is 30.6 Å². The van der Waals surface area contributed by atoms with Crippen molar-refractivity contribution in [2.45, 2.75) is 39.9 Å². The minimum Gasteiger partial charge on any atom is -0.458 e. The van der Waals surface area contributed by atoms with Gasteiger partial charge in [0.15, 0.2) is 5.76 Å². The van der Waals surface area contributed by atoms with E-state index in [4.69, 9.17) is 4.42 Å². The molecule has 204 valence electrons. The number of thiophene rings is 1. The van der Waals surface area contributed by atoms with Gasteiger partial charge in [0.1, 0.15) is 24.2 Å². The van der Waals surface area contributed by atoms with E-state index in [0.29, 0.717) is 22.1 Å². The first-order valence-corrected chi connectivity index (χ1v) is 13.5. The highest BCUT2D eigenvalue weighted by molar-refractivity contribution is 7.10. The second kappa shape index (κ2) is 11.6. The summed E-state index contributed by atoms with van der Waals surface area (Å²) >= 11 is 1.38. The Morgan fingerprint density at radius 2 is 1.85 bits per heavy atom. The number of aromatic nitrogens is 4. The van der Waals surface area contributed by atoms with Crippen LogP contribution in [0.3, 0.4) is 0 Å². The van der Waals surface area contributed by atoms with Gasteiger partial charge in [-0.05, 0) is 84.5 Å². The summed E-state index contributed by atoms with van der Waals surface area (Å²) in [4.78, 5) is 31.2. The Hall–Kier alpha value is -4.64. The highest BCUT2D eigenvalue weighted by Gasteiger charge is 2.35. The number of furan rings is 1. The van der Waals surface area contributed by atoms with Crippen LogP contribution in [-0.4, -0.2) is 32.0 Å². The van der Waals surface area contributed by atoms with Gasteiger partial charge in [0.25, 0.3) is 5.91 Å². The fourth-order valence-corrected chi connectivity index (χ4v) is 5.10. The van der Waals surface area contributed by atoms with E-state index in [0.717, 1.165) is 16.7 Å². The van der Waals surface area contributed by atoms with Crippen molar-refractivity contribution in [2.75, 3.05) is 4.90 Å². The molecule has 1 atom stereocenters. The molecule has 0 spiro atoms. The summed E-state index contributed by atoms with van der Waals surface area (Å²) in [6.45, 7) is 5.59. The number of tetrazole rings is 1. The van der Waals surface area contributed by atoms with Gasteiger partial charge in [0.05, 0.1) is 0 Å². The lowest BCUT2D eigenvalue weighted by molar-refractivity contribution is -0.127. The van der Waals surface area contributed by atoms with Crippen LogP contribution in [0.15, 0.2) is 76.5 Å². The molecule has 0 bridgehead atoms. The summed E-state index contributed by atoms with van der Waals surface area (Å²) in [5.74, 6) is 0.271. The smallest absolute Gasteiger partial charge is 0.251 e. The van der Waals surface area contributed by atoms with Gasteiger partial charge in [-0.25, -0.2) is 4.39 Å². The van der Waals surface area contributed by atoms with Gasteiger partial charge in [-0.15, -0.1) is 21.5 Å². The van der Waals surface area contributed by atoms with Crippen LogP contribution >= 0.6 is 11.3 Å². The third-order valence-corrected chi connectivity index (χ3v) is 7.42. The van der Waals surface area contributed by atoms with Crippen molar-refractivity contribution in [3.8, 4) is 11.6 Å². The Morgan fingerprint density at radius 1 is 1.05 bits per heavy atom. The lowest BCUT2D eigenvalue weighted by Gasteiger charge is -2.32. The average Bonchev–Trinajstić information content (AvgIpc) is 3.71. The molecule has 11 heteroatoms. The number of hydrogen-bond donors (Lipinski definition) is 1. The Labute approximate surface area is 234 Å². The van der Waals surface area contributed by atoms with Crippen LogP contribution in [0, 0.1) is 26.6 Å². The molecule has 2 aromatic carbocycles. The molecule has 5 rings (SSSR count). The molecule has 5 aromatic rings. The van der Waals surface area contributed by atoms with Crippen LogP contribution in [0.5, 0.6) is 0 Å². The summed E-state index contributed by atoms with van der Waals surface area (Å²) in [6.07, 6.45) is 0. The molecule has 0 aliphatic carbocycles. The number of benzene rings is 2. The number of anilines is 1. The van der Waals surface area contributed by atoms with Gasteiger partial charge in [-0.1, -0.05) is 30.3 Å². The Kier molecular flexibility index (Phi) is 7.83. The number of amides is 2. The van der Waals surface area contributed by atoms with Crippen LogP contribution in [0.1, 0.15) is 33.4 Å². The number of aryl methyl sites for hydroxylation is 2. The van der Waals surface area contributed by atoms with Gasteiger partial charge >= 0.3 is 0 Å². The van der Waals surface area contributed by atoms with Crippen molar-refractivity contribution in [3.05, 3.63) is 105 Å². The first-order valence-electron chi connectivity index (χ1n) is 12.6. The minimum absolute atomic E-state index is 0.173. The van der Waals surface area contributed by atoms with E-state index in [1.807, 2.05) is 56.5 Å². The summed E-state index contributed by atoms with van der Waals surface area (Å²) in [6, 6.07) is 17.7. The second-order valence-electron chi connectivity index (χ2n) is 9.30. The number of nitrogens with zero attached hydrogens (tertiary/aromatic N) is 5. The molecule has 0 aliphatic rings. The van der Waals surface area contributed by atoms with Gasteiger partial charge in [0, 0.05) is 17.1 Å². The standard InChI is InChI=1S/C29H27FN6O3S/c1-18-6-4-7-23(20(18)3)36(26(37)17-35-33-28(32-34-35)24-14-9-19(2)39-24)27(25-8-5-15-40-25)29(38)31-16-21-10-12-22(30)13-11-21/h4-15,27H,16-17H2,1-3H3,(H,31,38)/t27-/m0/s1. The largest absolute Gasteiger partial charge is 0.458 e. The first-order chi connectivity index (χ1) is 19.3. The molecular formula is C29H27FN6O3S. The molecular weight excluding hydrogens is 531 g/mol. The number of carbonyl (C=O) groups is 2. The second-order valence-corrected chi connectivity index (χ2v) is 10.3. The van der Waals surface area contributed by atoms with Crippen LogP contribution in [0.2, 0.25) is 0 Å². The summed E-state index contributed by atoms with van der Waals surface area (Å²) < 4.78 is 19.0. The molecule has 0 unspecified atom stereocenters. The van der Waals surface area contributed by atoms with Crippen molar-refractivity contribution in [1.29, 1.82) is 0 Å². The number of hydrogen-bond acceptors (Lipinski definition) is 7. The maximum atomic E-state index is 14.0. The van der Waals surface area contributed by atoms with E-state index in [1.165, 1.54) is 33.2 Å². The molecule has 0 radical (unpaired) electrons. The van der Waals surface area contributed by atoms with Crippen LogP contribution < -0.4 is 10.2 Å². The fourth-order valence-electron chi connectivity index (χ4n) is 4.28. The molecule has 0 aliphatic heterocycles. The monoisotopic (exact) mass is 558 g/mol. The van der Waals surface area contributed by atoms with Gasteiger partial charge < -0.3 is 9.73 Å². The van der Waals surface area contributed by atoms with Crippen LogP contribution in [0.25, 0.3) is 11.6 Å². The zero-order valence-corrected chi connectivity index (χ0v) is 23.0. The molecule has 2 amide bonds. The molecule has 0 saturated heterocycles. The first kappa shape index (κ1) is 26.9. The Bertz CT molecular complexity index is 1630. The van der Waals surface area contributed by atoms with Gasteiger partial charge in [-0.3, -0.25) is 14.5 Å². The van der Waals surface area contributed by atoms with Crippen molar-refractivity contribution in [3.63, 3.8) is 0 Å². The zero-order valence-electron chi connectivity index (χ0n) is 22.2. The number of nitrogens with one attached hydrogen (secondary N) is 1. The predicted octanol–water partition coefficient (Wildman–Crippen LogP) is 5.15. The SMILES string of the molecule is Cc1ccc(-c2nnn(CC(=O)N(c3cccc(C)c3C)[C@H](C(=O)NCc3ccc(F)cc3)c3cccs3)n2)o1. The fraction of sp³-hybridized carbons (Fsp3) is 0.207. The molecule has 3 heterocycles. The van der Waals surface area contributed by atoms with Crippen LogP contribution in [-0.2, 0) is 22.7 Å². The summed E-state index contributed by atoms with van der Waals surface area (Å²) in [7, 11) is 0. The van der Waals surface area contributed by atoms with Crippen molar-refractivity contribution < 1.29 is 18.4 Å². The Balaban J connectivity index is 1.49. The normalized spacial score (nSPS) is 11.8. The topological polar surface area (TPSA) is 106 Å². The Morgan fingerprint density at radius 3 is 2.55 bits per heavy atom. The third-order valence-electron chi connectivity index (χ3n) is 6.49. The highest BCUT2D eigenvalue weighted by Crippen LogP contribution is 2.34. The average molecular weight is 559 g/mol. The lowest BCUT2D eigenvalue weighted by Crippen LogP contribution is -2.45. The predicted molar refractivity (Wildman–Crippen MR) is 149 cm³/mol. The molecule has 9 nitrogen and oxygen atoms in total. The summed E-state index contributed by atoms with van der Waals surface area (Å²) in [5.41, 5.74) is 3.17. The maximum absolute atomic E-state index is 14.0. The highest BCUT2D eigenvalue weighted by atomic mass is 32.1. The van der Waals surface area contributed by atoms with Crippen LogP contribution in [0.4, 0.5) is 10.1 Å². The lowest BCUT2D eigenvalue weighted by atomic mass is 10.0. The zero-order chi connectivity index (χ0) is 28.2. The van der Waals surface area contributed by atoms with E-state index in [9.17, 15) is 14.0 Å². The van der Waals surface area contributed by atoms with Crippen molar-refractivity contribution >= 4 is 28.8 Å². The maximum Gasteiger partial charge on any atom is 0.251 e. The minimum atomic E-state index is -0.968. The van der Waals surface area contributed by atoms with Gasteiger partial charge in [-0.2, -0.15) is 4.80 Å². The number of halogens is 1. The molecule has 0 saturated carbocycles. The van der Waals surface area contributed by atoms with Gasteiger partial charge in [0.2, 0.25) is 11.7 Å². The molecule has 1 N–H and O–H groups in total. The van der Waals surface area contributed by atoms with E-state index < -0.39 is 11.9 Å².